The fourth-order valence-electron chi connectivity index (χ4n) is 3.35. The Hall–Kier alpha value is -2.18. The Kier molecular flexibility index (Phi) is 8.29. The van der Waals surface area contributed by atoms with E-state index in [4.69, 9.17) is 4.74 Å². The van der Waals surface area contributed by atoms with Crippen LogP contribution < -0.4 is 10.2 Å². The van der Waals surface area contributed by atoms with Crippen LogP contribution in [0.3, 0.4) is 0 Å². The van der Waals surface area contributed by atoms with E-state index in [0.717, 1.165) is 6.42 Å². The molecule has 1 aromatic rings. The molecule has 2 rings (SSSR count). The minimum Gasteiger partial charge on any atom is -0.480 e. The van der Waals surface area contributed by atoms with Gasteiger partial charge in [0.15, 0.2) is 0 Å². The molecule has 180 valence electrons. The van der Waals surface area contributed by atoms with Crippen LogP contribution in [0.2, 0.25) is 0 Å². The number of carbonyl (C=O) groups is 2. The lowest BCUT2D eigenvalue weighted by Crippen LogP contribution is -2.73. The van der Waals surface area contributed by atoms with Crippen LogP contribution in [0.25, 0.3) is 0 Å². The highest BCUT2D eigenvalue weighted by Gasteiger charge is 2.65. The summed E-state index contributed by atoms with van der Waals surface area (Å²) in [4.78, 5) is 44.4. The number of halogens is 3. The van der Waals surface area contributed by atoms with Gasteiger partial charge in [-0.3, -0.25) is 14.3 Å². The zero-order valence-electron chi connectivity index (χ0n) is 17.2. The number of aliphatic carboxylic acids is 1. The summed E-state index contributed by atoms with van der Waals surface area (Å²) in [6.45, 7) is 1.53. The number of carbonyl (C=O) groups excluding carboxylic acids is 1. The van der Waals surface area contributed by atoms with Crippen molar-refractivity contribution >= 4 is 19.5 Å². The summed E-state index contributed by atoms with van der Waals surface area (Å²) in [7, 11) is -5.86. The minimum atomic E-state index is -5.86. The van der Waals surface area contributed by atoms with Gasteiger partial charge in [-0.15, -0.1) is 0 Å². The zero-order chi connectivity index (χ0) is 24.2. The Morgan fingerprint density at radius 2 is 1.75 bits per heavy atom. The van der Waals surface area contributed by atoms with Crippen molar-refractivity contribution in [2.45, 2.75) is 50.4 Å². The standard InChI is InChI=1S/C18H25F3N3O7P/c1-2-14(15(25)26)24(16(27)17(19,20)21)18(32(28,29)30,22-23-11-7-4-8-12-23)31-13-9-5-3-6-10-13/h3,5-6,9-10,14,22H,2,4,7-8,11-12H2,1H3,(H,25,26)(H2,28,29,30). The number of hydrogen-bond donors (Lipinski definition) is 4. The summed E-state index contributed by atoms with van der Waals surface area (Å²) >= 11 is 0. The van der Waals surface area contributed by atoms with Crippen LogP contribution >= 0.6 is 7.60 Å². The molecule has 1 saturated heterocycles. The average molecular weight is 483 g/mol. The first-order chi connectivity index (χ1) is 14.8. The Labute approximate surface area is 182 Å². The van der Waals surface area contributed by atoms with Crippen LogP contribution in [-0.4, -0.2) is 67.6 Å². The average Bonchev–Trinajstić information content (AvgIpc) is 2.70. The number of alkyl halides is 3. The van der Waals surface area contributed by atoms with Crippen LogP contribution in [-0.2, 0) is 14.2 Å². The molecule has 2 unspecified atom stereocenters. The number of benzene rings is 1. The van der Waals surface area contributed by atoms with Gasteiger partial charge in [-0.25, -0.2) is 9.80 Å². The van der Waals surface area contributed by atoms with Crippen molar-refractivity contribution in [3.05, 3.63) is 30.3 Å². The summed E-state index contributed by atoms with van der Waals surface area (Å²) in [6.07, 6.45) is -4.35. The van der Waals surface area contributed by atoms with E-state index in [-0.39, 0.29) is 18.8 Å². The van der Waals surface area contributed by atoms with Gasteiger partial charge in [0.1, 0.15) is 11.8 Å². The van der Waals surface area contributed by atoms with Crippen molar-refractivity contribution in [1.82, 2.24) is 15.3 Å². The van der Waals surface area contributed by atoms with E-state index in [0.29, 0.717) is 12.8 Å². The van der Waals surface area contributed by atoms with Gasteiger partial charge < -0.3 is 19.6 Å². The molecule has 1 aliphatic heterocycles. The lowest BCUT2D eigenvalue weighted by molar-refractivity contribution is -0.213. The molecule has 0 bridgehead atoms. The summed E-state index contributed by atoms with van der Waals surface area (Å²) < 4.78 is 58.9. The fraction of sp³-hybridized carbons (Fsp3) is 0.556. The maximum absolute atomic E-state index is 13.6. The van der Waals surface area contributed by atoms with Crippen molar-refractivity contribution in [3.8, 4) is 5.75 Å². The van der Waals surface area contributed by atoms with Gasteiger partial charge >= 0.3 is 31.2 Å². The number of nitrogens with zero attached hydrogens (tertiary/aromatic N) is 2. The van der Waals surface area contributed by atoms with Crippen molar-refractivity contribution < 1.29 is 47.0 Å². The maximum Gasteiger partial charge on any atom is 0.471 e. The summed E-state index contributed by atoms with van der Waals surface area (Å²) in [6, 6.07) is 4.46. The number of hydrazine groups is 1. The number of carboxylic acid groups (broad SMARTS) is 1. The number of hydrogen-bond acceptors (Lipinski definition) is 6. The van der Waals surface area contributed by atoms with Crippen molar-refractivity contribution in [2.75, 3.05) is 13.1 Å². The molecule has 2 atom stereocenters. The first-order valence-electron chi connectivity index (χ1n) is 9.79. The Balaban J connectivity index is 2.77. The molecule has 1 fully saturated rings. The third-order valence-corrected chi connectivity index (χ3v) is 6.03. The highest BCUT2D eigenvalue weighted by atomic mass is 31.2. The Morgan fingerprint density at radius 3 is 2.19 bits per heavy atom. The van der Waals surface area contributed by atoms with Crippen LogP contribution in [0.5, 0.6) is 5.75 Å². The number of ether oxygens (including phenoxy) is 1. The molecule has 0 saturated carbocycles. The molecule has 1 amide bonds. The molecule has 10 nitrogen and oxygen atoms in total. The van der Waals surface area contributed by atoms with Gasteiger partial charge in [-0.2, -0.15) is 18.6 Å². The highest BCUT2D eigenvalue weighted by molar-refractivity contribution is 7.53. The number of piperidine rings is 1. The quantitative estimate of drug-likeness (QED) is 0.307. The lowest BCUT2D eigenvalue weighted by atomic mass is 10.1. The highest BCUT2D eigenvalue weighted by Crippen LogP contribution is 2.53. The van der Waals surface area contributed by atoms with Gasteiger partial charge in [0.25, 0.3) is 0 Å². The SMILES string of the molecule is CCC(C(=O)O)N(C(=O)C(F)(F)F)C(NN1CCCCC1)(Oc1ccccc1)P(=O)(O)O. The van der Waals surface area contributed by atoms with Crippen LogP contribution in [0.1, 0.15) is 32.6 Å². The number of para-hydroxylation sites is 1. The molecule has 0 radical (unpaired) electrons. The normalized spacial score (nSPS) is 18.4. The van der Waals surface area contributed by atoms with E-state index >= 15 is 0 Å². The molecular formula is C18H25F3N3O7P. The van der Waals surface area contributed by atoms with Crippen LogP contribution in [0, 0.1) is 0 Å². The monoisotopic (exact) mass is 483 g/mol. The summed E-state index contributed by atoms with van der Waals surface area (Å²) in [5, 5.41) is 10.8. The van der Waals surface area contributed by atoms with Gasteiger partial charge in [-0.05, 0) is 31.4 Å². The van der Waals surface area contributed by atoms with E-state index in [1.165, 1.54) is 42.3 Å². The molecule has 1 aromatic carbocycles. The van der Waals surface area contributed by atoms with E-state index in [2.05, 4.69) is 5.43 Å². The van der Waals surface area contributed by atoms with Crippen molar-refractivity contribution in [2.24, 2.45) is 0 Å². The topological polar surface area (TPSA) is 140 Å². The number of carboxylic acids is 1. The maximum atomic E-state index is 13.6. The van der Waals surface area contributed by atoms with Gasteiger partial charge in [0.05, 0.1) is 0 Å². The fourth-order valence-corrected chi connectivity index (χ4v) is 4.36. The molecule has 32 heavy (non-hydrogen) atoms. The van der Waals surface area contributed by atoms with E-state index in [9.17, 15) is 42.2 Å². The number of rotatable bonds is 9. The predicted molar refractivity (Wildman–Crippen MR) is 105 cm³/mol. The molecule has 1 aliphatic rings. The Morgan fingerprint density at radius 1 is 1.19 bits per heavy atom. The Bertz CT molecular complexity index is 846. The first kappa shape index (κ1) is 26.1. The van der Waals surface area contributed by atoms with Gasteiger partial charge in [0.2, 0.25) is 0 Å². The van der Waals surface area contributed by atoms with Crippen LogP contribution in [0.15, 0.2) is 30.3 Å². The second-order valence-corrected chi connectivity index (χ2v) is 8.86. The summed E-state index contributed by atoms with van der Waals surface area (Å²) in [5.41, 5.74) is -1.20. The summed E-state index contributed by atoms with van der Waals surface area (Å²) in [5.74, 6) is -4.95. The van der Waals surface area contributed by atoms with Gasteiger partial charge in [0, 0.05) is 13.1 Å². The molecule has 0 spiro atoms. The lowest BCUT2D eigenvalue weighted by Gasteiger charge is -2.47. The van der Waals surface area contributed by atoms with Crippen LogP contribution in [0.4, 0.5) is 13.2 Å². The van der Waals surface area contributed by atoms with E-state index in [1.54, 1.807) is 0 Å². The molecule has 0 aromatic heterocycles. The second-order valence-electron chi connectivity index (χ2n) is 7.16. The number of amides is 1. The number of nitrogens with one attached hydrogen (secondary N) is 1. The molecule has 4 N–H and O–H groups in total. The third-order valence-electron chi connectivity index (χ3n) is 4.83. The third kappa shape index (κ3) is 5.78. The van der Waals surface area contributed by atoms with Gasteiger partial charge in [-0.1, -0.05) is 31.5 Å². The smallest absolute Gasteiger partial charge is 0.471 e. The largest absolute Gasteiger partial charge is 0.480 e. The molecule has 1 heterocycles. The van der Waals surface area contributed by atoms with E-state index in [1.807, 2.05) is 0 Å². The van der Waals surface area contributed by atoms with Crippen molar-refractivity contribution in [1.29, 1.82) is 0 Å². The minimum absolute atomic E-state index is 0.178. The zero-order valence-corrected chi connectivity index (χ0v) is 18.1. The molecule has 0 aliphatic carbocycles. The van der Waals surface area contributed by atoms with E-state index < -0.39 is 48.6 Å². The van der Waals surface area contributed by atoms with Crippen molar-refractivity contribution in [3.63, 3.8) is 0 Å². The second kappa shape index (κ2) is 10.2. The first-order valence-corrected chi connectivity index (χ1v) is 11.4. The molecular weight excluding hydrogens is 458 g/mol. The predicted octanol–water partition coefficient (Wildman–Crippen LogP) is 2.10. The molecule has 14 heteroatoms.